The molecule has 0 fully saturated rings. The van der Waals surface area contributed by atoms with Crippen LogP contribution in [-0.4, -0.2) is 4.98 Å². The van der Waals surface area contributed by atoms with Crippen molar-refractivity contribution < 1.29 is 4.42 Å². The van der Waals surface area contributed by atoms with Crippen molar-refractivity contribution >= 4 is 92.0 Å². The largest absolute Gasteiger partial charge is 0.435 e. The molecule has 0 spiro atoms. The predicted molar refractivity (Wildman–Crippen MR) is 225 cm³/mol. The Morgan fingerprint density at radius 3 is 1.96 bits per heavy atom. The van der Waals surface area contributed by atoms with E-state index in [1.165, 1.54) is 42.1 Å². The van der Waals surface area contributed by atoms with E-state index in [1.54, 1.807) is 0 Å². The average molecular weight is 695 g/mol. The molecule has 0 saturated carbocycles. The number of hydrogen-bond donors (Lipinski definition) is 0. The van der Waals surface area contributed by atoms with Crippen LogP contribution in [-0.2, 0) is 0 Å². The highest BCUT2D eigenvalue weighted by molar-refractivity contribution is 7.25. The molecule has 0 radical (unpaired) electrons. The molecule has 4 heteroatoms. The highest BCUT2D eigenvalue weighted by atomic mass is 32.1. The highest BCUT2D eigenvalue weighted by Gasteiger charge is 2.22. The number of aromatic nitrogens is 1. The van der Waals surface area contributed by atoms with Crippen LogP contribution < -0.4 is 4.90 Å². The van der Waals surface area contributed by atoms with Crippen LogP contribution in [0.5, 0.6) is 0 Å². The van der Waals surface area contributed by atoms with Crippen molar-refractivity contribution in [3.8, 4) is 22.6 Å². The number of hydrogen-bond acceptors (Lipinski definition) is 4. The summed E-state index contributed by atoms with van der Waals surface area (Å²) in [5.74, 6) is 0.631. The van der Waals surface area contributed by atoms with Crippen LogP contribution in [0.2, 0.25) is 0 Å². The monoisotopic (exact) mass is 694 g/mol. The first-order chi connectivity index (χ1) is 26.3. The Hall–Kier alpha value is -6.75. The molecule has 11 rings (SSSR count). The molecular weight excluding hydrogens is 665 g/mol. The number of benzene rings is 9. The number of thiophene rings is 1. The Balaban J connectivity index is 1.21. The van der Waals surface area contributed by atoms with Crippen molar-refractivity contribution in [3.63, 3.8) is 0 Å². The first-order valence-electron chi connectivity index (χ1n) is 17.9. The summed E-state index contributed by atoms with van der Waals surface area (Å²) in [6.07, 6.45) is 0. The SMILES string of the molecule is c1ccc(-c2nc3ccc4ccc5ccc6c(N(c7ccc8c(c7)sc7ccccc78)c7ccccc7-c7ccccc7)cccc6c5c4c3o2)cc1. The lowest BCUT2D eigenvalue weighted by molar-refractivity contribution is 0.623. The van der Waals surface area contributed by atoms with Crippen LogP contribution in [0.4, 0.5) is 17.1 Å². The zero-order valence-corrected chi connectivity index (χ0v) is 29.3. The Morgan fingerprint density at radius 1 is 0.453 bits per heavy atom. The minimum atomic E-state index is 0.631. The second-order valence-corrected chi connectivity index (χ2v) is 14.6. The van der Waals surface area contributed by atoms with Crippen molar-refractivity contribution in [2.75, 3.05) is 4.90 Å². The normalized spacial score (nSPS) is 11.8. The van der Waals surface area contributed by atoms with Crippen molar-refractivity contribution in [2.45, 2.75) is 0 Å². The Labute approximate surface area is 309 Å². The van der Waals surface area contributed by atoms with Gasteiger partial charge in [-0.05, 0) is 70.3 Å². The number of fused-ring (bicyclic) bond motifs is 10. The van der Waals surface area contributed by atoms with Crippen molar-refractivity contribution in [3.05, 3.63) is 182 Å². The van der Waals surface area contributed by atoms with Gasteiger partial charge in [0.2, 0.25) is 5.89 Å². The third-order valence-electron chi connectivity index (χ3n) is 10.5. The quantitative estimate of drug-likeness (QED) is 0.168. The summed E-state index contributed by atoms with van der Waals surface area (Å²) in [5, 5.41) is 9.45. The van der Waals surface area contributed by atoms with E-state index in [-0.39, 0.29) is 0 Å². The fourth-order valence-electron chi connectivity index (χ4n) is 8.05. The van der Waals surface area contributed by atoms with E-state index < -0.39 is 0 Å². The van der Waals surface area contributed by atoms with Gasteiger partial charge in [0, 0.05) is 53.1 Å². The van der Waals surface area contributed by atoms with E-state index in [1.807, 2.05) is 41.7 Å². The standard InChI is InChI=1S/C49H30N2OS/c1-3-12-31(13-4-1)36-16-7-9-19-42(36)51(35-26-28-39-38-17-8-10-21-44(38)53-45(39)30-35)43-20-11-18-40-37(43)27-24-32-22-23-33-25-29-41-48(47(33)46(32)40)52-49(50-41)34-14-5-2-6-15-34/h1-30H. The molecule has 0 saturated heterocycles. The fraction of sp³-hybridized carbons (Fsp3) is 0. The van der Waals surface area contributed by atoms with Gasteiger partial charge >= 0.3 is 0 Å². The van der Waals surface area contributed by atoms with Gasteiger partial charge in [0.25, 0.3) is 0 Å². The summed E-state index contributed by atoms with van der Waals surface area (Å²) in [6.45, 7) is 0. The number of anilines is 3. The third kappa shape index (κ3) is 4.77. The summed E-state index contributed by atoms with van der Waals surface area (Å²) in [5.41, 5.74) is 8.32. The maximum absolute atomic E-state index is 6.65. The molecule has 0 amide bonds. The molecule has 0 aliphatic rings. The van der Waals surface area contributed by atoms with Crippen molar-refractivity contribution in [1.29, 1.82) is 0 Å². The first kappa shape index (κ1) is 29.9. The zero-order valence-electron chi connectivity index (χ0n) is 28.5. The molecular formula is C49H30N2OS. The first-order valence-corrected chi connectivity index (χ1v) is 18.7. The van der Waals surface area contributed by atoms with E-state index in [0.29, 0.717) is 5.89 Å². The second kappa shape index (κ2) is 11.9. The van der Waals surface area contributed by atoms with Gasteiger partial charge in [0.1, 0.15) is 5.52 Å². The van der Waals surface area contributed by atoms with E-state index in [0.717, 1.165) is 55.3 Å². The van der Waals surface area contributed by atoms with E-state index in [9.17, 15) is 0 Å². The van der Waals surface area contributed by atoms with Crippen molar-refractivity contribution in [1.82, 2.24) is 4.98 Å². The Morgan fingerprint density at radius 2 is 1.09 bits per heavy atom. The maximum atomic E-state index is 6.65. The van der Waals surface area contributed by atoms with Crippen LogP contribution in [0.3, 0.4) is 0 Å². The van der Waals surface area contributed by atoms with Crippen LogP contribution >= 0.6 is 11.3 Å². The van der Waals surface area contributed by atoms with Crippen LogP contribution in [0.1, 0.15) is 0 Å². The highest BCUT2D eigenvalue weighted by Crippen LogP contribution is 2.47. The van der Waals surface area contributed by atoms with E-state index in [2.05, 4.69) is 157 Å². The van der Waals surface area contributed by atoms with Gasteiger partial charge in [-0.2, -0.15) is 0 Å². The fourth-order valence-corrected chi connectivity index (χ4v) is 9.19. The summed E-state index contributed by atoms with van der Waals surface area (Å²) < 4.78 is 9.22. The molecule has 0 aliphatic heterocycles. The topological polar surface area (TPSA) is 29.3 Å². The molecule has 248 valence electrons. The lowest BCUT2D eigenvalue weighted by atomic mass is 9.94. The average Bonchev–Trinajstić information content (AvgIpc) is 3.83. The lowest BCUT2D eigenvalue weighted by Crippen LogP contribution is -2.11. The lowest BCUT2D eigenvalue weighted by Gasteiger charge is -2.29. The van der Waals surface area contributed by atoms with Crippen LogP contribution in [0, 0.1) is 0 Å². The van der Waals surface area contributed by atoms with Gasteiger partial charge in [0.05, 0.1) is 11.4 Å². The van der Waals surface area contributed by atoms with Crippen LogP contribution in [0.25, 0.3) is 86.2 Å². The van der Waals surface area contributed by atoms with Gasteiger partial charge < -0.3 is 9.32 Å². The number of nitrogens with zero attached hydrogens (tertiary/aromatic N) is 2. The predicted octanol–water partition coefficient (Wildman–Crippen LogP) is 14.5. The molecule has 9 aromatic carbocycles. The number of rotatable bonds is 5. The summed E-state index contributed by atoms with van der Waals surface area (Å²) in [7, 11) is 0. The number of oxazole rings is 1. The minimum Gasteiger partial charge on any atom is -0.435 e. The zero-order chi connectivity index (χ0) is 34.9. The van der Waals surface area contributed by atoms with Gasteiger partial charge in [-0.3, -0.25) is 0 Å². The summed E-state index contributed by atoms with van der Waals surface area (Å²) in [6, 6.07) is 65.1. The summed E-state index contributed by atoms with van der Waals surface area (Å²) in [4.78, 5) is 7.40. The molecule has 0 unspecified atom stereocenters. The third-order valence-corrected chi connectivity index (χ3v) is 11.6. The van der Waals surface area contributed by atoms with Crippen LogP contribution in [0.15, 0.2) is 186 Å². The minimum absolute atomic E-state index is 0.631. The van der Waals surface area contributed by atoms with Gasteiger partial charge in [-0.15, -0.1) is 11.3 Å². The second-order valence-electron chi connectivity index (χ2n) is 13.5. The molecule has 0 aliphatic carbocycles. The molecule has 53 heavy (non-hydrogen) atoms. The van der Waals surface area contributed by atoms with Gasteiger partial charge in [0.15, 0.2) is 5.58 Å². The van der Waals surface area contributed by atoms with Gasteiger partial charge in [-0.25, -0.2) is 4.98 Å². The van der Waals surface area contributed by atoms with E-state index >= 15 is 0 Å². The smallest absolute Gasteiger partial charge is 0.227 e. The molecule has 0 bridgehead atoms. The molecule has 2 heterocycles. The Kier molecular flexibility index (Phi) is 6.73. The molecule has 0 atom stereocenters. The van der Waals surface area contributed by atoms with Gasteiger partial charge in [-0.1, -0.05) is 133 Å². The van der Waals surface area contributed by atoms with E-state index in [4.69, 9.17) is 9.40 Å². The maximum Gasteiger partial charge on any atom is 0.227 e. The molecule has 0 N–H and O–H groups in total. The Bertz CT molecular complexity index is 3180. The molecule has 2 aromatic heterocycles. The molecule has 11 aromatic rings. The summed E-state index contributed by atoms with van der Waals surface area (Å²) >= 11 is 1.85. The molecule has 3 nitrogen and oxygen atoms in total. The number of para-hydroxylation sites is 1. The van der Waals surface area contributed by atoms with Crippen molar-refractivity contribution in [2.24, 2.45) is 0 Å².